The standard InChI is InChI=1S/C34H35BN10O10P2S/c35-56(48)50-13-21-25(46)28(34(52-21)45-18-43-24-30(39-16-41-32(24)45)37-12-20-9-5-2-6-10-20)55-57(49,58)51-14-22-27(54-56)26(47)33(53-22)44-17-42-23-29(38-15-40-31(23)44)36-11-19-7-3-1-4-8-19/h1-10,15-18,21-22,25-28,33-34,46-47H,11-14H2,(H,49,58)(H,36,38,40)(H,37,39,41)/t21-,22-,25-,26-,27-,28-,33-,34-,56?,57?/m1/s1. The molecule has 3 aliphatic heterocycles. The highest BCUT2D eigenvalue weighted by Crippen LogP contribution is 2.54. The molecule has 0 spiro atoms. The molecule has 58 heavy (non-hydrogen) atoms. The first kappa shape index (κ1) is 39.2. The van der Waals surface area contributed by atoms with Crippen LogP contribution in [0.25, 0.3) is 22.3 Å². The Kier molecular flexibility index (Phi) is 10.9. The molecule has 3 aliphatic rings. The topological polar surface area (TPSA) is 244 Å². The first-order valence-electron chi connectivity index (χ1n) is 18.0. The third-order valence-electron chi connectivity index (χ3n) is 9.84. The first-order chi connectivity index (χ1) is 28.0. The summed E-state index contributed by atoms with van der Waals surface area (Å²) >= 11 is 5.42. The number of anilines is 2. The third-order valence-corrected chi connectivity index (χ3v) is 12.4. The Morgan fingerprint density at radius 3 is 1.83 bits per heavy atom. The number of benzene rings is 2. The third kappa shape index (κ3) is 7.91. The van der Waals surface area contributed by atoms with E-state index in [1.165, 1.54) is 34.4 Å². The normalized spacial score (nSPS) is 31.6. The van der Waals surface area contributed by atoms with Crippen molar-refractivity contribution < 1.29 is 47.2 Å². The van der Waals surface area contributed by atoms with E-state index in [9.17, 15) is 19.7 Å². The van der Waals surface area contributed by atoms with Gasteiger partial charge in [-0.25, -0.2) is 29.9 Å². The maximum atomic E-state index is 13.7. The molecule has 2 radical (unpaired) electrons. The summed E-state index contributed by atoms with van der Waals surface area (Å²) in [4.78, 5) is 37.8. The van der Waals surface area contributed by atoms with Crippen LogP contribution in [-0.4, -0.2) is 112 Å². The summed E-state index contributed by atoms with van der Waals surface area (Å²) in [7, 11) is 1.55. The minimum atomic E-state index is -4.52. The minimum Gasteiger partial charge on any atom is -0.387 e. The molecule has 0 aliphatic carbocycles. The number of fused-ring (bicyclic) bond motifs is 5. The molecule has 10 atom stereocenters. The van der Waals surface area contributed by atoms with Gasteiger partial charge in [-0.15, -0.1) is 0 Å². The molecule has 3 saturated heterocycles. The van der Waals surface area contributed by atoms with E-state index in [1.54, 1.807) is 0 Å². The average Bonchev–Trinajstić information content (AvgIpc) is 3.99. The van der Waals surface area contributed by atoms with Crippen molar-refractivity contribution in [3.63, 3.8) is 0 Å². The van der Waals surface area contributed by atoms with E-state index in [0.29, 0.717) is 47.1 Å². The summed E-state index contributed by atoms with van der Waals surface area (Å²) in [5.41, 5.74) is 3.42. The van der Waals surface area contributed by atoms with Crippen LogP contribution < -0.4 is 10.6 Å². The number of nitrogens with zero attached hydrogens (tertiary/aromatic N) is 8. The van der Waals surface area contributed by atoms with Crippen molar-refractivity contribution in [2.24, 2.45) is 0 Å². The summed E-state index contributed by atoms with van der Waals surface area (Å²) in [6.07, 6.45) is -5.29. The van der Waals surface area contributed by atoms with Gasteiger partial charge in [0.25, 0.3) is 7.47 Å². The summed E-state index contributed by atoms with van der Waals surface area (Å²) < 4.78 is 52.0. The quantitative estimate of drug-likeness (QED) is 0.109. The second-order valence-electron chi connectivity index (χ2n) is 13.6. The fourth-order valence-electron chi connectivity index (χ4n) is 7.03. The number of nitrogens with one attached hydrogen (secondary N) is 2. The molecule has 2 unspecified atom stereocenters. The predicted octanol–water partition coefficient (Wildman–Crippen LogP) is 2.72. The Labute approximate surface area is 336 Å². The molecule has 2 aromatic carbocycles. The Morgan fingerprint density at radius 2 is 1.24 bits per heavy atom. The highest BCUT2D eigenvalue weighted by molar-refractivity contribution is 8.07. The Morgan fingerprint density at radius 1 is 0.707 bits per heavy atom. The maximum Gasteiger partial charge on any atom is 0.325 e. The summed E-state index contributed by atoms with van der Waals surface area (Å²) in [5.74, 6) is 0.874. The maximum absolute atomic E-state index is 13.7. The molecular formula is C34H35BN10O10P2S. The molecule has 3 fully saturated rings. The number of aliphatic hydroxyl groups excluding tert-OH is 2. The van der Waals surface area contributed by atoms with Crippen LogP contribution in [0.2, 0.25) is 0 Å². The van der Waals surface area contributed by atoms with Gasteiger partial charge in [-0.2, -0.15) is 0 Å². The lowest BCUT2D eigenvalue weighted by atomic mass is 10.1. The zero-order valence-electron chi connectivity index (χ0n) is 30.2. The van der Waals surface area contributed by atoms with Crippen LogP contribution in [0.3, 0.4) is 0 Å². The second kappa shape index (κ2) is 16.1. The number of aromatic nitrogens is 8. The SMILES string of the molecule is [B]P1(=O)OC[C@H]2O[C@@H](n3cnc4c(NCc5ccccc5)ncnc43)[C@H](OP(O)(=S)OC[C@H]3O[C@@H](n4cnc5c(NCc6ccccc6)ncnc54)[C@H](O)[C@@H]3O1)[C@@H]2O. The summed E-state index contributed by atoms with van der Waals surface area (Å²) in [6.45, 7) is -4.42. The summed E-state index contributed by atoms with van der Waals surface area (Å²) in [5, 5.41) is 29.6. The Bertz CT molecular complexity index is 2510. The number of hydrogen-bond donors (Lipinski definition) is 5. The molecule has 7 heterocycles. The van der Waals surface area contributed by atoms with Gasteiger partial charge in [0.05, 0.1) is 25.9 Å². The molecule has 4 aromatic heterocycles. The number of rotatable bonds is 8. The van der Waals surface area contributed by atoms with Crippen molar-refractivity contribution in [3.05, 3.63) is 97.1 Å². The van der Waals surface area contributed by atoms with E-state index >= 15 is 0 Å². The Balaban J connectivity index is 0.958. The van der Waals surface area contributed by atoms with Gasteiger partial charge in [-0.05, 0) is 22.9 Å². The lowest BCUT2D eigenvalue weighted by Gasteiger charge is -2.28. The monoisotopic (exact) mass is 848 g/mol. The highest BCUT2D eigenvalue weighted by Gasteiger charge is 2.52. The molecular weight excluding hydrogens is 813 g/mol. The van der Waals surface area contributed by atoms with Gasteiger partial charge >= 0.3 is 6.72 Å². The Hall–Kier alpha value is -4.28. The van der Waals surface area contributed by atoms with Gasteiger partial charge in [0, 0.05) is 13.1 Å². The first-order valence-corrected chi connectivity index (χ1v) is 22.2. The highest BCUT2D eigenvalue weighted by atomic mass is 32.5. The van der Waals surface area contributed by atoms with E-state index in [-0.39, 0.29) is 0 Å². The fraction of sp³-hybridized carbons (Fsp3) is 0.353. The van der Waals surface area contributed by atoms with Crippen molar-refractivity contribution in [3.8, 4) is 0 Å². The van der Waals surface area contributed by atoms with Crippen LogP contribution >= 0.6 is 14.2 Å². The van der Waals surface area contributed by atoms with Gasteiger partial charge in [-0.3, -0.25) is 18.2 Å². The van der Waals surface area contributed by atoms with Gasteiger partial charge in [0.1, 0.15) is 49.3 Å². The van der Waals surface area contributed by atoms with E-state index in [0.717, 1.165) is 11.1 Å². The van der Waals surface area contributed by atoms with Crippen LogP contribution in [0.5, 0.6) is 0 Å². The van der Waals surface area contributed by atoms with Crippen molar-refractivity contribution in [1.29, 1.82) is 0 Å². The molecule has 6 aromatic rings. The molecule has 2 bridgehead atoms. The number of ether oxygens (including phenoxy) is 2. The fourth-order valence-corrected chi connectivity index (χ4v) is 9.46. The van der Waals surface area contributed by atoms with Crippen LogP contribution in [-0.2, 0) is 57.0 Å². The lowest BCUT2D eigenvalue weighted by molar-refractivity contribution is -0.0595. The van der Waals surface area contributed by atoms with Gasteiger partial charge in [0.15, 0.2) is 46.4 Å². The van der Waals surface area contributed by atoms with E-state index in [2.05, 4.69) is 40.5 Å². The smallest absolute Gasteiger partial charge is 0.325 e. The van der Waals surface area contributed by atoms with Crippen LogP contribution in [0.4, 0.5) is 11.6 Å². The van der Waals surface area contributed by atoms with E-state index < -0.39 is 76.5 Å². The van der Waals surface area contributed by atoms with Gasteiger partial charge in [0.2, 0.25) is 7.57 Å². The van der Waals surface area contributed by atoms with Crippen LogP contribution in [0.1, 0.15) is 23.6 Å². The molecule has 300 valence electrons. The van der Waals surface area contributed by atoms with Crippen LogP contribution in [0.15, 0.2) is 86.0 Å². The molecule has 0 amide bonds. The van der Waals surface area contributed by atoms with Crippen molar-refractivity contribution >= 4 is 67.5 Å². The van der Waals surface area contributed by atoms with Crippen LogP contribution in [0, 0.1) is 0 Å². The molecule has 0 saturated carbocycles. The second-order valence-corrected chi connectivity index (χ2v) is 18.0. The molecule has 9 rings (SSSR count). The number of aliphatic hydroxyl groups is 2. The molecule has 24 heteroatoms. The number of hydrogen-bond acceptors (Lipinski definition) is 18. The summed E-state index contributed by atoms with van der Waals surface area (Å²) in [6, 6.07) is 19.4. The van der Waals surface area contributed by atoms with Crippen molar-refractivity contribution in [2.75, 3.05) is 23.8 Å². The van der Waals surface area contributed by atoms with E-state index in [1.807, 2.05) is 60.7 Å². The minimum absolute atomic E-state index is 0.303. The van der Waals surface area contributed by atoms with Crippen molar-refractivity contribution in [2.45, 2.75) is 62.2 Å². The zero-order valence-corrected chi connectivity index (χ0v) is 32.8. The molecule has 20 nitrogen and oxygen atoms in total. The number of imidazole rings is 2. The molecule has 5 N–H and O–H groups in total. The largest absolute Gasteiger partial charge is 0.387 e. The average molecular weight is 849 g/mol. The predicted molar refractivity (Wildman–Crippen MR) is 210 cm³/mol. The van der Waals surface area contributed by atoms with Gasteiger partial charge in [-0.1, -0.05) is 60.7 Å². The van der Waals surface area contributed by atoms with E-state index in [4.69, 9.17) is 46.9 Å². The zero-order chi connectivity index (χ0) is 40.0. The lowest BCUT2D eigenvalue weighted by Crippen LogP contribution is -2.36. The van der Waals surface area contributed by atoms with Gasteiger partial charge < -0.3 is 48.8 Å². The van der Waals surface area contributed by atoms with Crippen molar-refractivity contribution in [1.82, 2.24) is 39.0 Å².